The Hall–Kier alpha value is -1.81. The van der Waals surface area contributed by atoms with Crippen LogP contribution in [0.15, 0.2) is 24.3 Å². The summed E-state index contributed by atoms with van der Waals surface area (Å²) in [6, 6.07) is 8.72. The summed E-state index contributed by atoms with van der Waals surface area (Å²) < 4.78 is 0. The van der Waals surface area contributed by atoms with E-state index in [0.29, 0.717) is 17.7 Å². The Morgan fingerprint density at radius 1 is 1.26 bits per heavy atom. The molecule has 0 bridgehead atoms. The number of aromatic amines is 1. The SMILES string of the molecule is CNCC1CCCCC1C(=O)N1CCc2c([nH]c3ccccc23)C1C(C)C. The van der Waals surface area contributed by atoms with Gasteiger partial charge in [0.15, 0.2) is 0 Å². The molecule has 4 nitrogen and oxygen atoms in total. The van der Waals surface area contributed by atoms with Crippen LogP contribution in [0.4, 0.5) is 0 Å². The van der Waals surface area contributed by atoms with Gasteiger partial charge in [-0.1, -0.05) is 44.9 Å². The molecule has 4 heteroatoms. The normalized spacial score (nSPS) is 25.8. The number of amides is 1. The molecule has 1 saturated carbocycles. The zero-order chi connectivity index (χ0) is 19.0. The van der Waals surface area contributed by atoms with Crippen LogP contribution >= 0.6 is 0 Å². The number of nitrogens with one attached hydrogen (secondary N) is 2. The van der Waals surface area contributed by atoms with Gasteiger partial charge in [0.05, 0.1) is 6.04 Å². The Labute approximate surface area is 162 Å². The third kappa shape index (κ3) is 3.29. The van der Waals surface area contributed by atoms with Crippen molar-refractivity contribution in [2.75, 3.05) is 20.1 Å². The highest BCUT2D eigenvalue weighted by Crippen LogP contribution is 2.41. The minimum absolute atomic E-state index is 0.158. The van der Waals surface area contributed by atoms with Gasteiger partial charge in [0.2, 0.25) is 5.91 Å². The molecule has 1 aliphatic carbocycles. The van der Waals surface area contributed by atoms with E-state index in [1.807, 2.05) is 7.05 Å². The lowest BCUT2D eigenvalue weighted by molar-refractivity contribution is -0.142. The van der Waals surface area contributed by atoms with Crippen molar-refractivity contribution in [3.05, 3.63) is 35.5 Å². The highest BCUT2D eigenvalue weighted by molar-refractivity contribution is 5.86. The van der Waals surface area contributed by atoms with E-state index in [1.54, 1.807) is 0 Å². The number of fused-ring (bicyclic) bond motifs is 3. The second-order valence-corrected chi connectivity index (χ2v) is 8.74. The molecule has 0 radical (unpaired) electrons. The van der Waals surface area contributed by atoms with Gasteiger partial charge in [-0.2, -0.15) is 0 Å². The topological polar surface area (TPSA) is 48.1 Å². The molecule has 4 rings (SSSR count). The molecule has 1 aromatic carbocycles. The molecular weight excluding hydrogens is 334 g/mol. The Morgan fingerprint density at radius 2 is 2.04 bits per heavy atom. The number of aromatic nitrogens is 1. The minimum Gasteiger partial charge on any atom is -0.356 e. The number of nitrogens with zero attached hydrogens (tertiary/aromatic N) is 1. The standard InChI is InChI=1S/C23H33N3O/c1-15(2)22-21-19(18-10-6-7-11-20(18)25-21)12-13-26(22)23(27)17-9-5-4-8-16(17)14-24-3/h6-7,10-11,15-17,22,24-25H,4-5,8-9,12-14H2,1-3H3. The first-order valence-electron chi connectivity index (χ1n) is 10.7. The molecule has 146 valence electrons. The van der Waals surface area contributed by atoms with Crippen LogP contribution in [0.5, 0.6) is 0 Å². The van der Waals surface area contributed by atoms with Crippen molar-refractivity contribution in [1.29, 1.82) is 0 Å². The van der Waals surface area contributed by atoms with Gasteiger partial charge in [0.1, 0.15) is 0 Å². The zero-order valence-corrected chi connectivity index (χ0v) is 16.9. The van der Waals surface area contributed by atoms with Crippen LogP contribution in [0.2, 0.25) is 0 Å². The smallest absolute Gasteiger partial charge is 0.226 e. The maximum absolute atomic E-state index is 13.7. The Morgan fingerprint density at radius 3 is 2.81 bits per heavy atom. The van der Waals surface area contributed by atoms with Gasteiger partial charge in [-0.15, -0.1) is 0 Å². The van der Waals surface area contributed by atoms with Gasteiger partial charge in [-0.25, -0.2) is 0 Å². The molecule has 3 atom stereocenters. The summed E-state index contributed by atoms with van der Waals surface area (Å²) in [7, 11) is 2.00. The Bertz CT molecular complexity index is 807. The van der Waals surface area contributed by atoms with Gasteiger partial charge in [-0.3, -0.25) is 4.79 Å². The molecule has 1 fully saturated rings. The van der Waals surface area contributed by atoms with E-state index in [2.05, 4.69) is 53.3 Å². The van der Waals surface area contributed by atoms with Crippen LogP contribution in [-0.4, -0.2) is 35.9 Å². The van der Waals surface area contributed by atoms with Crippen molar-refractivity contribution in [3.63, 3.8) is 0 Å². The molecule has 1 aliphatic heterocycles. The summed E-state index contributed by atoms with van der Waals surface area (Å²) in [5, 5.41) is 4.65. The van der Waals surface area contributed by atoms with E-state index in [1.165, 1.54) is 41.4 Å². The van der Waals surface area contributed by atoms with Crippen LogP contribution < -0.4 is 5.32 Å². The van der Waals surface area contributed by atoms with Crippen molar-refractivity contribution in [2.45, 2.75) is 52.0 Å². The number of carbonyl (C=O) groups is 1. The fraction of sp³-hybridized carbons (Fsp3) is 0.609. The number of para-hydroxylation sites is 1. The van der Waals surface area contributed by atoms with Crippen LogP contribution in [0.25, 0.3) is 10.9 Å². The Kier molecular flexibility index (Phi) is 5.27. The summed E-state index contributed by atoms with van der Waals surface area (Å²) in [5.74, 6) is 1.44. The summed E-state index contributed by atoms with van der Waals surface area (Å²) >= 11 is 0. The third-order valence-corrected chi connectivity index (χ3v) is 6.69. The Balaban J connectivity index is 1.67. The first kappa shape index (κ1) is 18.5. The summed E-state index contributed by atoms with van der Waals surface area (Å²) in [5.41, 5.74) is 3.89. The summed E-state index contributed by atoms with van der Waals surface area (Å²) in [6.45, 7) is 6.29. The molecular formula is C23H33N3O. The van der Waals surface area contributed by atoms with Gasteiger partial charge in [0.25, 0.3) is 0 Å². The third-order valence-electron chi connectivity index (χ3n) is 6.69. The van der Waals surface area contributed by atoms with Gasteiger partial charge < -0.3 is 15.2 Å². The number of rotatable bonds is 4. The van der Waals surface area contributed by atoms with Crippen molar-refractivity contribution in [2.24, 2.45) is 17.8 Å². The largest absolute Gasteiger partial charge is 0.356 e. The van der Waals surface area contributed by atoms with E-state index in [9.17, 15) is 4.79 Å². The number of hydrogen-bond acceptors (Lipinski definition) is 2. The van der Waals surface area contributed by atoms with Crippen LogP contribution in [0, 0.1) is 17.8 Å². The highest BCUT2D eigenvalue weighted by Gasteiger charge is 2.40. The lowest BCUT2D eigenvalue weighted by Gasteiger charge is -2.42. The fourth-order valence-electron chi connectivity index (χ4n) is 5.46. The maximum atomic E-state index is 13.7. The van der Waals surface area contributed by atoms with Crippen molar-refractivity contribution >= 4 is 16.8 Å². The van der Waals surface area contributed by atoms with Crippen LogP contribution in [-0.2, 0) is 11.2 Å². The van der Waals surface area contributed by atoms with Crippen LogP contribution in [0.3, 0.4) is 0 Å². The molecule has 1 aromatic heterocycles. The van der Waals surface area contributed by atoms with E-state index >= 15 is 0 Å². The quantitative estimate of drug-likeness (QED) is 0.847. The first-order chi connectivity index (χ1) is 13.1. The molecule has 27 heavy (non-hydrogen) atoms. The molecule has 2 heterocycles. The van der Waals surface area contributed by atoms with E-state index in [0.717, 1.165) is 25.9 Å². The average molecular weight is 368 g/mol. The number of carbonyl (C=O) groups excluding carboxylic acids is 1. The monoisotopic (exact) mass is 367 g/mol. The first-order valence-corrected chi connectivity index (χ1v) is 10.7. The highest BCUT2D eigenvalue weighted by atomic mass is 16.2. The minimum atomic E-state index is 0.158. The molecule has 2 aliphatic rings. The second kappa shape index (κ2) is 7.67. The number of hydrogen-bond donors (Lipinski definition) is 2. The lowest BCUT2D eigenvalue weighted by Crippen LogP contribution is -2.48. The van der Waals surface area contributed by atoms with E-state index < -0.39 is 0 Å². The van der Waals surface area contributed by atoms with Crippen molar-refractivity contribution in [1.82, 2.24) is 15.2 Å². The molecule has 0 saturated heterocycles. The van der Waals surface area contributed by atoms with Gasteiger partial charge in [0, 0.05) is 29.1 Å². The molecule has 3 unspecified atom stereocenters. The van der Waals surface area contributed by atoms with Crippen LogP contribution in [0.1, 0.15) is 56.8 Å². The summed E-state index contributed by atoms with van der Waals surface area (Å²) in [4.78, 5) is 19.5. The molecule has 1 amide bonds. The van der Waals surface area contributed by atoms with E-state index in [-0.39, 0.29) is 12.0 Å². The zero-order valence-electron chi connectivity index (χ0n) is 16.9. The predicted octanol–water partition coefficient (Wildman–Crippen LogP) is 4.28. The summed E-state index contributed by atoms with van der Waals surface area (Å²) in [6.07, 6.45) is 5.63. The maximum Gasteiger partial charge on any atom is 0.226 e. The predicted molar refractivity (Wildman–Crippen MR) is 111 cm³/mol. The molecule has 2 N–H and O–H groups in total. The number of benzene rings is 1. The van der Waals surface area contributed by atoms with Crippen molar-refractivity contribution in [3.8, 4) is 0 Å². The molecule has 0 spiro atoms. The van der Waals surface area contributed by atoms with Gasteiger partial charge >= 0.3 is 0 Å². The van der Waals surface area contributed by atoms with Gasteiger partial charge in [-0.05, 0) is 56.3 Å². The van der Waals surface area contributed by atoms with E-state index in [4.69, 9.17) is 0 Å². The second-order valence-electron chi connectivity index (χ2n) is 8.74. The number of H-pyrrole nitrogens is 1. The fourth-order valence-corrected chi connectivity index (χ4v) is 5.46. The lowest BCUT2D eigenvalue weighted by atomic mass is 9.77. The molecule has 2 aromatic rings. The van der Waals surface area contributed by atoms with Crippen molar-refractivity contribution < 1.29 is 4.79 Å². The average Bonchev–Trinajstić information content (AvgIpc) is 3.05.